The summed E-state index contributed by atoms with van der Waals surface area (Å²) in [7, 11) is 0. The minimum atomic E-state index is -0.0616. The molecule has 12 heavy (non-hydrogen) atoms. The zero-order chi connectivity index (χ0) is 9.52. The molecule has 1 aromatic heterocycles. The topological polar surface area (TPSA) is 17.8 Å². The summed E-state index contributed by atoms with van der Waals surface area (Å²) >= 11 is 9.41. The first-order valence-corrected chi connectivity index (χ1v) is 4.92. The van der Waals surface area contributed by atoms with Crippen LogP contribution in [0.3, 0.4) is 0 Å². The summed E-state index contributed by atoms with van der Waals surface area (Å²) in [6, 6.07) is 0. The smallest absolute Gasteiger partial charge is 0.132 e. The first-order chi connectivity index (χ1) is 5.34. The minimum absolute atomic E-state index is 0.0616. The average Bonchev–Trinajstić information content (AvgIpc) is 2.15. The van der Waals surface area contributed by atoms with Crippen molar-refractivity contribution in [3.05, 3.63) is 15.3 Å². The van der Waals surface area contributed by atoms with Crippen LogP contribution in [-0.4, -0.2) is 9.78 Å². The van der Waals surface area contributed by atoms with E-state index in [0.717, 1.165) is 10.2 Å². The van der Waals surface area contributed by atoms with Crippen LogP contribution < -0.4 is 0 Å². The monoisotopic (exact) mass is 250 g/mol. The number of rotatable bonds is 0. The maximum Gasteiger partial charge on any atom is 0.132 e. The van der Waals surface area contributed by atoms with E-state index in [1.807, 2.05) is 11.6 Å². The quantitative estimate of drug-likeness (QED) is 0.691. The van der Waals surface area contributed by atoms with Gasteiger partial charge in [0.25, 0.3) is 0 Å². The van der Waals surface area contributed by atoms with E-state index in [1.165, 1.54) is 0 Å². The molecular weight excluding hydrogens is 239 g/mol. The molecule has 0 aliphatic heterocycles. The second-order valence-electron chi connectivity index (χ2n) is 3.79. The third kappa shape index (κ3) is 1.67. The van der Waals surface area contributed by atoms with Crippen LogP contribution >= 0.6 is 27.5 Å². The maximum absolute atomic E-state index is 6.07. The third-order valence-corrected chi connectivity index (χ3v) is 2.82. The van der Waals surface area contributed by atoms with Crippen molar-refractivity contribution in [2.75, 3.05) is 0 Å². The van der Waals surface area contributed by atoms with E-state index in [-0.39, 0.29) is 5.54 Å². The Labute approximate surface area is 86.0 Å². The Morgan fingerprint density at radius 3 is 2.08 bits per heavy atom. The highest BCUT2D eigenvalue weighted by Crippen LogP contribution is 2.28. The zero-order valence-electron chi connectivity index (χ0n) is 7.65. The molecule has 0 fully saturated rings. The second kappa shape index (κ2) is 3.04. The van der Waals surface area contributed by atoms with Crippen LogP contribution in [0, 0.1) is 6.92 Å². The highest BCUT2D eigenvalue weighted by molar-refractivity contribution is 9.10. The average molecular weight is 252 g/mol. The summed E-state index contributed by atoms with van der Waals surface area (Å²) in [4.78, 5) is 0. The Hall–Kier alpha value is -0.0200. The first-order valence-electron chi connectivity index (χ1n) is 3.75. The number of hydrogen-bond donors (Lipinski definition) is 0. The lowest BCUT2D eigenvalue weighted by atomic mass is 10.1. The molecule has 1 rings (SSSR count). The summed E-state index contributed by atoms with van der Waals surface area (Å²) in [5.41, 5.74) is 0.931. The van der Waals surface area contributed by atoms with Crippen molar-refractivity contribution in [3.63, 3.8) is 0 Å². The normalized spacial score (nSPS) is 12.2. The molecule has 0 unspecified atom stereocenters. The molecule has 0 spiro atoms. The molecule has 0 aliphatic carbocycles. The lowest BCUT2D eigenvalue weighted by Gasteiger charge is -2.20. The molecule has 1 heterocycles. The second-order valence-corrected chi connectivity index (χ2v) is 4.90. The zero-order valence-corrected chi connectivity index (χ0v) is 9.99. The van der Waals surface area contributed by atoms with Crippen molar-refractivity contribution in [1.82, 2.24) is 9.78 Å². The van der Waals surface area contributed by atoms with Gasteiger partial charge in [-0.3, -0.25) is 0 Å². The van der Waals surface area contributed by atoms with Crippen LogP contribution in [0.25, 0.3) is 0 Å². The molecule has 0 saturated heterocycles. The summed E-state index contributed by atoms with van der Waals surface area (Å²) in [5.74, 6) is 0. The molecule has 0 aliphatic rings. The predicted molar refractivity (Wildman–Crippen MR) is 54.7 cm³/mol. The fraction of sp³-hybridized carbons (Fsp3) is 0.625. The Kier molecular flexibility index (Phi) is 2.55. The fourth-order valence-corrected chi connectivity index (χ4v) is 1.74. The molecule has 0 atom stereocenters. The number of aromatic nitrogens is 2. The summed E-state index contributed by atoms with van der Waals surface area (Å²) in [5, 5.41) is 4.99. The lowest BCUT2D eigenvalue weighted by Crippen LogP contribution is -2.23. The van der Waals surface area contributed by atoms with E-state index in [1.54, 1.807) is 0 Å². The predicted octanol–water partition coefficient (Wildman–Crippen LogP) is 3.36. The van der Waals surface area contributed by atoms with Crippen molar-refractivity contribution in [2.24, 2.45) is 0 Å². The molecule has 0 N–H and O–H groups in total. The van der Waals surface area contributed by atoms with Crippen LogP contribution in [0.5, 0.6) is 0 Å². The van der Waals surface area contributed by atoms with E-state index < -0.39 is 0 Å². The summed E-state index contributed by atoms with van der Waals surface area (Å²) in [6.45, 7) is 8.15. The molecule has 0 bridgehead atoms. The minimum Gasteiger partial charge on any atom is -0.247 e. The SMILES string of the molecule is Cc1c(Br)nn(C(C)(C)C)c1Cl. The Bertz CT molecular complexity index is 299. The van der Waals surface area contributed by atoms with Gasteiger partial charge in [-0.2, -0.15) is 5.10 Å². The van der Waals surface area contributed by atoms with Crippen LogP contribution in [0.4, 0.5) is 0 Å². The molecule has 0 saturated carbocycles. The molecule has 2 nitrogen and oxygen atoms in total. The maximum atomic E-state index is 6.07. The summed E-state index contributed by atoms with van der Waals surface area (Å²) < 4.78 is 2.64. The van der Waals surface area contributed by atoms with Crippen molar-refractivity contribution in [1.29, 1.82) is 0 Å². The standard InChI is InChI=1S/C8H12BrClN2/c1-5-6(9)11-12(7(5)10)8(2,3)4/h1-4H3. The molecule has 68 valence electrons. The van der Waals surface area contributed by atoms with Gasteiger partial charge in [-0.05, 0) is 43.6 Å². The van der Waals surface area contributed by atoms with Crippen molar-refractivity contribution < 1.29 is 0 Å². The molecule has 4 heteroatoms. The van der Waals surface area contributed by atoms with Crippen LogP contribution in [0.1, 0.15) is 26.3 Å². The Morgan fingerprint density at radius 1 is 1.42 bits per heavy atom. The lowest BCUT2D eigenvalue weighted by molar-refractivity contribution is 0.355. The van der Waals surface area contributed by atoms with Gasteiger partial charge in [0.1, 0.15) is 9.76 Å². The van der Waals surface area contributed by atoms with Crippen molar-refractivity contribution in [3.8, 4) is 0 Å². The molecule has 1 aromatic rings. The van der Waals surface area contributed by atoms with Gasteiger partial charge in [-0.25, -0.2) is 4.68 Å². The van der Waals surface area contributed by atoms with E-state index in [9.17, 15) is 0 Å². The number of hydrogen-bond acceptors (Lipinski definition) is 1. The van der Waals surface area contributed by atoms with E-state index in [2.05, 4.69) is 41.8 Å². The van der Waals surface area contributed by atoms with E-state index in [4.69, 9.17) is 11.6 Å². The van der Waals surface area contributed by atoms with E-state index in [0.29, 0.717) is 5.15 Å². The van der Waals surface area contributed by atoms with Gasteiger partial charge < -0.3 is 0 Å². The number of halogens is 2. The van der Waals surface area contributed by atoms with Crippen LogP contribution in [0.2, 0.25) is 5.15 Å². The van der Waals surface area contributed by atoms with Crippen LogP contribution in [0.15, 0.2) is 4.60 Å². The largest absolute Gasteiger partial charge is 0.247 e. The van der Waals surface area contributed by atoms with Gasteiger partial charge in [0.05, 0.1) is 5.54 Å². The van der Waals surface area contributed by atoms with Crippen molar-refractivity contribution >= 4 is 27.5 Å². The highest BCUT2D eigenvalue weighted by Gasteiger charge is 2.20. The summed E-state index contributed by atoms with van der Waals surface area (Å²) in [6.07, 6.45) is 0. The van der Waals surface area contributed by atoms with Gasteiger partial charge in [0, 0.05) is 5.56 Å². The van der Waals surface area contributed by atoms with Gasteiger partial charge in [-0.1, -0.05) is 11.6 Å². The van der Waals surface area contributed by atoms with E-state index >= 15 is 0 Å². The molecule has 0 aromatic carbocycles. The van der Waals surface area contributed by atoms with Crippen molar-refractivity contribution in [2.45, 2.75) is 33.2 Å². The van der Waals surface area contributed by atoms with Gasteiger partial charge in [0.15, 0.2) is 0 Å². The van der Waals surface area contributed by atoms with Crippen LogP contribution in [-0.2, 0) is 5.54 Å². The Balaban J connectivity index is 3.28. The third-order valence-electron chi connectivity index (χ3n) is 1.63. The highest BCUT2D eigenvalue weighted by atomic mass is 79.9. The fourth-order valence-electron chi connectivity index (χ4n) is 0.895. The Morgan fingerprint density at radius 2 is 1.92 bits per heavy atom. The molecule has 0 amide bonds. The molecule has 0 radical (unpaired) electrons. The first kappa shape index (κ1) is 10.1. The van der Waals surface area contributed by atoms with Gasteiger partial charge >= 0.3 is 0 Å². The van der Waals surface area contributed by atoms with Gasteiger partial charge in [-0.15, -0.1) is 0 Å². The molecular formula is C8H12BrClN2. The number of nitrogens with zero attached hydrogens (tertiary/aromatic N) is 2. The van der Waals surface area contributed by atoms with Gasteiger partial charge in [0.2, 0.25) is 0 Å².